The van der Waals surface area contributed by atoms with E-state index in [1.54, 1.807) is 6.20 Å². The van der Waals surface area contributed by atoms with E-state index in [-0.39, 0.29) is 17.8 Å². The summed E-state index contributed by atoms with van der Waals surface area (Å²) in [5.41, 5.74) is 2.43. The number of anilines is 1. The molecule has 1 aromatic heterocycles. The fourth-order valence-corrected chi connectivity index (χ4v) is 3.46. The van der Waals surface area contributed by atoms with Crippen LogP contribution in [-0.2, 0) is 0 Å². The summed E-state index contributed by atoms with van der Waals surface area (Å²) < 4.78 is 13.0. The molecule has 1 aromatic carbocycles. The van der Waals surface area contributed by atoms with Crippen LogP contribution in [0, 0.1) is 17.7 Å². The number of nitrogens with zero attached hydrogens (tertiary/aromatic N) is 2. The molecule has 2 heterocycles. The van der Waals surface area contributed by atoms with Crippen molar-refractivity contribution < 1.29 is 9.18 Å². The normalized spacial score (nSPS) is 15.7. The summed E-state index contributed by atoms with van der Waals surface area (Å²) in [5.74, 6) is 5.95. The third-order valence-corrected chi connectivity index (χ3v) is 5.11. The minimum Gasteiger partial charge on any atom is -0.368 e. The summed E-state index contributed by atoms with van der Waals surface area (Å²) in [6, 6.07) is 7.74. The lowest BCUT2D eigenvalue weighted by Gasteiger charge is -2.19. The molecule has 0 bridgehead atoms. The number of hydrogen-bond donors (Lipinski definition) is 1. The molecule has 1 fully saturated rings. The summed E-state index contributed by atoms with van der Waals surface area (Å²) in [6.07, 6.45) is 10.3. The van der Waals surface area contributed by atoms with Crippen LogP contribution in [0.4, 0.5) is 10.1 Å². The monoisotopic (exact) mass is 393 g/mol. The maximum atomic E-state index is 13.0. The fraction of sp³-hybridized carbons (Fsp3) is 0.417. The molecular weight excluding hydrogens is 365 g/mol. The van der Waals surface area contributed by atoms with Crippen LogP contribution >= 0.6 is 0 Å². The topological polar surface area (TPSA) is 45.2 Å². The molecule has 0 spiro atoms. The molecule has 152 valence electrons. The Bertz CT molecular complexity index is 870. The van der Waals surface area contributed by atoms with Gasteiger partial charge in [-0.3, -0.25) is 9.78 Å². The minimum atomic E-state index is -0.343. The first-order valence-corrected chi connectivity index (χ1v) is 10.4. The van der Waals surface area contributed by atoms with Crippen molar-refractivity contribution in [1.29, 1.82) is 0 Å². The van der Waals surface area contributed by atoms with Crippen LogP contribution in [0.2, 0.25) is 0 Å². The third kappa shape index (κ3) is 6.32. The maximum absolute atomic E-state index is 13.0. The SMILES string of the molecule is CCCCCCC#Cc1cncc(N2CC[C@@H](NC(=O)c3ccc(F)cc3)C2)c1. The number of carbonyl (C=O) groups excluding carboxylic acids is 1. The average Bonchev–Trinajstić information content (AvgIpc) is 3.20. The van der Waals surface area contributed by atoms with Crippen LogP contribution in [-0.4, -0.2) is 30.0 Å². The Morgan fingerprint density at radius 2 is 2.07 bits per heavy atom. The minimum absolute atomic E-state index is 0.0564. The van der Waals surface area contributed by atoms with Crippen LogP contribution in [0.15, 0.2) is 42.7 Å². The molecule has 1 aliphatic heterocycles. The predicted molar refractivity (Wildman–Crippen MR) is 114 cm³/mol. The van der Waals surface area contributed by atoms with Gasteiger partial charge in [0.1, 0.15) is 5.82 Å². The highest BCUT2D eigenvalue weighted by atomic mass is 19.1. The van der Waals surface area contributed by atoms with Crippen LogP contribution in [0.1, 0.15) is 61.4 Å². The van der Waals surface area contributed by atoms with Crippen LogP contribution < -0.4 is 10.2 Å². The van der Waals surface area contributed by atoms with Crippen molar-refractivity contribution in [2.45, 2.75) is 51.5 Å². The average molecular weight is 394 g/mol. The Morgan fingerprint density at radius 1 is 1.24 bits per heavy atom. The van der Waals surface area contributed by atoms with Gasteiger partial charge in [-0.25, -0.2) is 4.39 Å². The van der Waals surface area contributed by atoms with E-state index in [1.807, 2.05) is 6.20 Å². The number of nitrogens with one attached hydrogen (secondary N) is 1. The zero-order chi connectivity index (χ0) is 20.5. The zero-order valence-corrected chi connectivity index (χ0v) is 17.0. The van der Waals surface area contributed by atoms with E-state index in [0.29, 0.717) is 5.56 Å². The summed E-state index contributed by atoms with van der Waals surface area (Å²) in [6.45, 7) is 3.78. The summed E-state index contributed by atoms with van der Waals surface area (Å²) in [7, 11) is 0. The molecule has 1 amide bonds. The molecule has 2 aromatic rings. The highest BCUT2D eigenvalue weighted by molar-refractivity contribution is 5.94. The molecule has 4 nitrogen and oxygen atoms in total. The largest absolute Gasteiger partial charge is 0.368 e. The quantitative estimate of drug-likeness (QED) is 0.554. The van der Waals surface area contributed by atoms with E-state index < -0.39 is 0 Å². The first-order valence-electron chi connectivity index (χ1n) is 10.4. The van der Waals surface area contributed by atoms with Crippen LogP contribution in [0.5, 0.6) is 0 Å². The van der Waals surface area contributed by atoms with Crippen molar-refractivity contribution in [2.75, 3.05) is 18.0 Å². The molecule has 5 heteroatoms. The molecule has 0 unspecified atom stereocenters. The van der Waals surface area contributed by atoms with Crippen LogP contribution in [0.25, 0.3) is 0 Å². The molecule has 1 N–H and O–H groups in total. The van der Waals surface area contributed by atoms with Crippen molar-refractivity contribution in [3.8, 4) is 11.8 Å². The molecule has 0 aliphatic carbocycles. The van der Waals surface area contributed by atoms with E-state index >= 15 is 0 Å². The van der Waals surface area contributed by atoms with Gasteiger partial charge in [0.25, 0.3) is 5.91 Å². The van der Waals surface area contributed by atoms with Gasteiger partial charge < -0.3 is 10.2 Å². The number of halogens is 1. The van der Waals surface area contributed by atoms with Gasteiger partial charge in [0.15, 0.2) is 0 Å². The lowest BCUT2D eigenvalue weighted by atomic mass is 10.1. The third-order valence-electron chi connectivity index (χ3n) is 5.11. The molecule has 0 saturated carbocycles. The summed E-state index contributed by atoms with van der Waals surface area (Å²) in [5, 5.41) is 3.04. The number of rotatable bonds is 7. The van der Waals surface area contributed by atoms with Crippen molar-refractivity contribution in [3.63, 3.8) is 0 Å². The van der Waals surface area contributed by atoms with Crippen molar-refractivity contribution in [2.24, 2.45) is 0 Å². The van der Waals surface area contributed by atoms with Gasteiger partial charge in [-0.15, -0.1) is 0 Å². The number of carbonyl (C=O) groups is 1. The Balaban J connectivity index is 1.52. The predicted octanol–water partition coefficient (Wildman–Crippen LogP) is 4.55. The standard InChI is InChI=1S/C24H28FN3O/c1-2-3-4-5-6-7-8-19-15-23(17-26-16-19)28-14-13-22(18-28)27-24(29)20-9-11-21(25)12-10-20/h9-12,15-17,22H,2-6,13-14,18H2,1H3,(H,27,29)/t22-/m1/s1. The van der Waals surface area contributed by atoms with Crippen molar-refractivity contribution >= 4 is 11.6 Å². The van der Waals surface area contributed by atoms with E-state index in [1.165, 1.54) is 43.5 Å². The number of unbranched alkanes of at least 4 members (excludes halogenated alkanes) is 4. The van der Waals surface area contributed by atoms with Gasteiger partial charge >= 0.3 is 0 Å². The first kappa shape index (κ1) is 20.9. The molecule has 1 atom stereocenters. The van der Waals surface area contributed by atoms with Gasteiger partial charge in [-0.1, -0.05) is 38.0 Å². The van der Waals surface area contributed by atoms with Gasteiger partial charge in [-0.2, -0.15) is 0 Å². The van der Waals surface area contributed by atoms with Gasteiger partial charge in [0.05, 0.1) is 11.9 Å². The Morgan fingerprint density at radius 3 is 2.86 bits per heavy atom. The molecule has 1 aliphatic rings. The Hall–Kier alpha value is -2.87. The van der Waals surface area contributed by atoms with Gasteiger partial charge in [0, 0.05) is 42.9 Å². The van der Waals surface area contributed by atoms with E-state index in [4.69, 9.17) is 0 Å². The van der Waals surface area contributed by atoms with Gasteiger partial charge in [-0.05, 0) is 43.2 Å². The zero-order valence-electron chi connectivity index (χ0n) is 17.0. The van der Waals surface area contributed by atoms with E-state index in [2.05, 4.69) is 40.0 Å². The van der Waals surface area contributed by atoms with E-state index in [0.717, 1.165) is 43.6 Å². The molecular formula is C24H28FN3O. The Kier molecular flexibility index (Phi) is 7.63. The molecule has 1 saturated heterocycles. The maximum Gasteiger partial charge on any atom is 0.251 e. The summed E-state index contributed by atoms with van der Waals surface area (Å²) in [4.78, 5) is 18.9. The number of benzene rings is 1. The van der Waals surface area contributed by atoms with E-state index in [9.17, 15) is 9.18 Å². The first-order chi connectivity index (χ1) is 14.2. The van der Waals surface area contributed by atoms with Crippen molar-refractivity contribution in [3.05, 3.63) is 59.7 Å². The number of amides is 1. The van der Waals surface area contributed by atoms with Crippen molar-refractivity contribution in [1.82, 2.24) is 10.3 Å². The lowest BCUT2D eigenvalue weighted by Crippen LogP contribution is -2.37. The molecule has 3 rings (SSSR count). The fourth-order valence-electron chi connectivity index (χ4n) is 3.46. The lowest BCUT2D eigenvalue weighted by molar-refractivity contribution is 0.0940. The van der Waals surface area contributed by atoms with Gasteiger partial charge in [0.2, 0.25) is 0 Å². The second-order valence-corrected chi connectivity index (χ2v) is 7.46. The highest BCUT2D eigenvalue weighted by Gasteiger charge is 2.24. The number of hydrogen-bond acceptors (Lipinski definition) is 3. The van der Waals surface area contributed by atoms with Crippen LogP contribution in [0.3, 0.4) is 0 Å². The number of aromatic nitrogens is 1. The Labute approximate surface area is 172 Å². The number of pyridine rings is 1. The smallest absolute Gasteiger partial charge is 0.251 e. The summed E-state index contributed by atoms with van der Waals surface area (Å²) >= 11 is 0. The molecule has 29 heavy (non-hydrogen) atoms. The second kappa shape index (κ2) is 10.6. The highest BCUT2D eigenvalue weighted by Crippen LogP contribution is 2.20. The molecule has 0 radical (unpaired) electrons. The second-order valence-electron chi connectivity index (χ2n) is 7.46.